The molecule has 1 aliphatic heterocycles. The lowest BCUT2D eigenvalue weighted by Crippen LogP contribution is -2.50. The number of aromatic amines is 1. The molecule has 4 aromatic rings. The fourth-order valence-electron chi connectivity index (χ4n) is 5.66. The number of aromatic nitrogens is 3. The number of alkyl halides is 3. The summed E-state index contributed by atoms with van der Waals surface area (Å²) < 4.78 is 43.4. The SMILES string of the molecule is CC(C)(CC(O)(Cc1cc2nc(CN3CCCC3)ccc2[nH]1)C(F)(F)F)c1cc(-c2cccnc2)ccc1O. The second-order valence-corrected chi connectivity index (χ2v) is 11.3. The van der Waals surface area contributed by atoms with Crippen molar-refractivity contribution < 1.29 is 23.4 Å². The third-order valence-electron chi connectivity index (χ3n) is 7.64. The van der Waals surface area contributed by atoms with E-state index in [0.29, 0.717) is 28.7 Å². The molecular formula is C30H33F3N4O2. The Hall–Kier alpha value is -3.43. The minimum atomic E-state index is -4.91. The van der Waals surface area contributed by atoms with Gasteiger partial charge < -0.3 is 15.2 Å². The van der Waals surface area contributed by atoms with Crippen LogP contribution in [-0.4, -0.2) is 54.9 Å². The lowest BCUT2D eigenvalue weighted by atomic mass is 9.72. The van der Waals surface area contributed by atoms with Gasteiger partial charge in [-0.3, -0.25) is 9.88 Å². The van der Waals surface area contributed by atoms with Gasteiger partial charge >= 0.3 is 6.18 Å². The van der Waals surface area contributed by atoms with Gasteiger partial charge in [0, 0.05) is 42.2 Å². The van der Waals surface area contributed by atoms with Gasteiger partial charge in [-0.1, -0.05) is 26.0 Å². The van der Waals surface area contributed by atoms with Crippen molar-refractivity contribution in [3.05, 3.63) is 77.9 Å². The molecule has 9 heteroatoms. The summed E-state index contributed by atoms with van der Waals surface area (Å²) >= 11 is 0. The zero-order valence-corrected chi connectivity index (χ0v) is 22.1. The van der Waals surface area contributed by atoms with E-state index in [1.54, 1.807) is 50.5 Å². The van der Waals surface area contributed by atoms with Crippen molar-refractivity contribution in [3.8, 4) is 16.9 Å². The maximum absolute atomic E-state index is 14.5. The average molecular weight is 539 g/mol. The van der Waals surface area contributed by atoms with Crippen LogP contribution in [0, 0.1) is 0 Å². The molecule has 0 aliphatic carbocycles. The highest BCUT2D eigenvalue weighted by atomic mass is 19.4. The second kappa shape index (κ2) is 10.3. The van der Waals surface area contributed by atoms with E-state index in [0.717, 1.165) is 37.2 Å². The van der Waals surface area contributed by atoms with Crippen molar-refractivity contribution in [2.24, 2.45) is 0 Å². The summed E-state index contributed by atoms with van der Waals surface area (Å²) in [5.41, 5.74) is -0.150. The van der Waals surface area contributed by atoms with Crippen LogP contribution < -0.4 is 0 Å². The smallest absolute Gasteiger partial charge is 0.417 e. The van der Waals surface area contributed by atoms with Gasteiger partial charge in [-0.25, -0.2) is 4.98 Å². The van der Waals surface area contributed by atoms with E-state index in [2.05, 4.69) is 19.9 Å². The Balaban J connectivity index is 1.42. The van der Waals surface area contributed by atoms with Crippen LogP contribution in [-0.2, 0) is 18.4 Å². The van der Waals surface area contributed by atoms with Crippen LogP contribution in [0.3, 0.4) is 0 Å². The Morgan fingerprint density at radius 3 is 2.46 bits per heavy atom. The number of benzene rings is 1. The molecule has 4 heterocycles. The van der Waals surface area contributed by atoms with Crippen LogP contribution >= 0.6 is 0 Å². The Morgan fingerprint density at radius 2 is 1.77 bits per heavy atom. The van der Waals surface area contributed by atoms with Gasteiger partial charge in [0.15, 0.2) is 5.60 Å². The zero-order chi connectivity index (χ0) is 27.8. The number of aliphatic hydroxyl groups is 1. The molecule has 0 bridgehead atoms. The number of hydrogen-bond acceptors (Lipinski definition) is 5. The molecule has 1 aromatic carbocycles. The first kappa shape index (κ1) is 27.1. The third-order valence-corrected chi connectivity index (χ3v) is 7.64. The Bertz CT molecular complexity index is 1450. The number of aromatic hydroxyl groups is 1. The molecule has 1 fully saturated rings. The summed E-state index contributed by atoms with van der Waals surface area (Å²) in [7, 11) is 0. The zero-order valence-electron chi connectivity index (χ0n) is 22.1. The Labute approximate surface area is 225 Å². The second-order valence-electron chi connectivity index (χ2n) is 11.3. The van der Waals surface area contributed by atoms with E-state index in [1.807, 2.05) is 18.2 Å². The average Bonchev–Trinajstić information content (AvgIpc) is 3.52. The van der Waals surface area contributed by atoms with Crippen molar-refractivity contribution in [3.63, 3.8) is 0 Å². The van der Waals surface area contributed by atoms with Crippen molar-refractivity contribution in [1.29, 1.82) is 0 Å². The maximum atomic E-state index is 14.5. The molecule has 5 rings (SSSR count). The summed E-state index contributed by atoms with van der Waals surface area (Å²) in [4.78, 5) is 14.1. The standard InChI is InChI=1S/C30H33F3N4O2/c1-28(2,24-14-20(7-10-27(24)38)21-6-5-11-34-17-21)19-29(39,30(31,32)33)16-23-15-26-25(36-23)9-8-22(35-26)18-37-12-3-4-13-37/h5-11,14-15,17,36,38-39H,3-4,12-13,16,18-19H2,1-2H3. The van der Waals surface area contributed by atoms with E-state index < -0.39 is 30.0 Å². The summed E-state index contributed by atoms with van der Waals surface area (Å²) in [5.74, 6) is -0.127. The maximum Gasteiger partial charge on any atom is 0.417 e. The quantitative estimate of drug-likeness (QED) is 0.251. The molecule has 0 radical (unpaired) electrons. The lowest BCUT2D eigenvalue weighted by molar-refractivity contribution is -0.266. The summed E-state index contributed by atoms with van der Waals surface area (Å²) in [6.07, 6.45) is -0.630. The first-order chi connectivity index (χ1) is 18.4. The number of phenolic OH excluding ortho intramolecular Hbond substituents is 1. The van der Waals surface area contributed by atoms with Crippen molar-refractivity contribution in [1.82, 2.24) is 19.9 Å². The predicted octanol–water partition coefficient (Wildman–Crippen LogP) is 6.13. The van der Waals surface area contributed by atoms with Gasteiger partial charge in [-0.05, 0) is 79.7 Å². The van der Waals surface area contributed by atoms with Gasteiger partial charge in [0.05, 0.1) is 16.7 Å². The molecule has 0 spiro atoms. The minimum Gasteiger partial charge on any atom is -0.508 e. The molecule has 206 valence electrons. The number of rotatable bonds is 8. The molecule has 6 nitrogen and oxygen atoms in total. The van der Waals surface area contributed by atoms with E-state index in [-0.39, 0.29) is 11.4 Å². The highest BCUT2D eigenvalue weighted by molar-refractivity contribution is 5.76. The number of halogens is 3. The molecule has 0 amide bonds. The largest absolute Gasteiger partial charge is 0.508 e. The fourth-order valence-corrected chi connectivity index (χ4v) is 5.66. The highest BCUT2D eigenvalue weighted by Crippen LogP contribution is 2.45. The van der Waals surface area contributed by atoms with Crippen LogP contribution in [0.15, 0.2) is 60.9 Å². The summed E-state index contributed by atoms with van der Waals surface area (Å²) in [5, 5.41) is 21.8. The predicted molar refractivity (Wildman–Crippen MR) is 144 cm³/mol. The lowest BCUT2D eigenvalue weighted by Gasteiger charge is -2.38. The molecule has 1 unspecified atom stereocenters. The van der Waals surface area contributed by atoms with E-state index in [1.165, 1.54) is 6.07 Å². The number of nitrogens with one attached hydrogen (secondary N) is 1. The molecule has 1 atom stereocenters. The first-order valence-electron chi connectivity index (χ1n) is 13.2. The monoisotopic (exact) mass is 538 g/mol. The summed E-state index contributed by atoms with van der Waals surface area (Å²) in [6.45, 7) is 5.95. The molecule has 1 saturated heterocycles. The van der Waals surface area contributed by atoms with Crippen LogP contribution in [0.2, 0.25) is 0 Å². The highest BCUT2D eigenvalue weighted by Gasteiger charge is 2.56. The number of likely N-dealkylation sites (tertiary alicyclic amines) is 1. The molecule has 39 heavy (non-hydrogen) atoms. The molecule has 3 N–H and O–H groups in total. The van der Waals surface area contributed by atoms with Crippen LogP contribution in [0.5, 0.6) is 5.75 Å². The van der Waals surface area contributed by atoms with Gasteiger partial charge in [-0.15, -0.1) is 0 Å². The van der Waals surface area contributed by atoms with E-state index >= 15 is 0 Å². The van der Waals surface area contributed by atoms with Gasteiger partial charge in [-0.2, -0.15) is 13.2 Å². The number of hydrogen-bond donors (Lipinski definition) is 3. The Morgan fingerprint density at radius 1 is 1.00 bits per heavy atom. The Kier molecular flexibility index (Phi) is 7.15. The summed E-state index contributed by atoms with van der Waals surface area (Å²) in [6, 6.07) is 13.7. The molecule has 0 saturated carbocycles. The van der Waals surface area contributed by atoms with Crippen LogP contribution in [0.25, 0.3) is 22.2 Å². The number of phenols is 1. The van der Waals surface area contributed by atoms with Crippen molar-refractivity contribution in [2.75, 3.05) is 13.1 Å². The van der Waals surface area contributed by atoms with Crippen molar-refractivity contribution in [2.45, 2.75) is 63.3 Å². The number of H-pyrrole nitrogens is 1. The van der Waals surface area contributed by atoms with E-state index in [4.69, 9.17) is 0 Å². The minimum absolute atomic E-state index is 0.127. The normalized spacial score (nSPS) is 16.6. The number of pyridine rings is 2. The van der Waals surface area contributed by atoms with Crippen LogP contribution in [0.1, 0.15) is 50.1 Å². The molecule has 3 aromatic heterocycles. The van der Waals surface area contributed by atoms with Gasteiger partial charge in [0.2, 0.25) is 0 Å². The molecule has 1 aliphatic rings. The third kappa shape index (κ3) is 5.79. The van der Waals surface area contributed by atoms with Gasteiger partial charge in [0.25, 0.3) is 0 Å². The number of nitrogens with zero attached hydrogens (tertiary/aromatic N) is 3. The first-order valence-corrected chi connectivity index (χ1v) is 13.2. The topological polar surface area (TPSA) is 85.3 Å². The van der Waals surface area contributed by atoms with E-state index in [9.17, 15) is 23.4 Å². The fraction of sp³-hybridized carbons (Fsp3) is 0.400. The van der Waals surface area contributed by atoms with Crippen LogP contribution in [0.4, 0.5) is 13.2 Å². The number of fused-ring (bicyclic) bond motifs is 1. The van der Waals surface area contributed by atoms with Gasteiger partial charge in [0.1, 0.15) is 5.75 Å². The molecular weight excluding hydrogens is 505 g/mol. The van der Waals surface area contributed by atoms with Crippen molar-refractivity contribution >= 4 is 11.0 Å².